The van der Waals surface area contributed by atoms with Crippen LogP contribution in [0.15, 0.2) is 85.3 Å². The lowest BCUT2D eigenvalue weighted by Crippen LogP contribution is -1.84. The number of fused-ring (bicyclic) bond motifs is 2. The Hall–Kier alpha value is -4.32. The van der Waals surface area contributed by atoms with Gasteiger partial charge in [-0.2, -0.15) is 5.10 Å². The third kappa shape index (κ3) is 2.97. The van der Waals surface area contributed by atoms with Crippen molar-refractivity contribution in [1.82, 2.24) is 25.1 Å². The molecule has 5 nitrogen and oxygen atoms in total. The van der Waals surface area contributed by atoms with Gasteiger partial charge in [-0.25, -0.2) is 4.39 Å². The van der Waals surface area contributed by atoms with Crippen molar-refractivity contribution in [2.24, 2.45) is 0 Å². The fourth-order valence-corrected chi connectivity index (χ4v) is 3.97. The van der Waals surface area contributed by atoms with E-state index in [1.807, 2.05) is 36.4 Å². The molecule has 0 aliphatic carbocycles. The number of nitrogens with zero attached hydrogens (tertiary/aromatic N) is 3. The van der Waals surface area contributed by atoms with Gasteiger partial charge in [0.05, 0.1) is 23.1 Å². The van der Waals surface area contributed by atoms with Crippen molar-refractivity contribution in [1.29, 1.82) is 0 Å². The number of pyridine rings is 2. The van der Waals surface area contributed by atoms with Crippen molar-refractivity contribution < 1.29 is 4.39 Å². The molecule has 6 aromatic rings. The van der Waals surface area contributed by atoms with Crippen LogP contribution in [0.4, 0.5) is 4.39 Å². The van der Waals surface area contributed by atoms with Gasteiger partial charge < -0.3 is 4.98 Å². The predicted octanol–water partition coefficient (Wildman–Crippen LogP) is 5.97. The van der Waals surface area contributed by atoms with Gasteiger partial charge in [0.2, 0.25) is 0 Å². The molecule has 0 amide bonds. The number of halogens is 1. The van der Waals surface area contributed by atoms with Crippen LogP contribution in [0.2, 0.25) is 0 Å². The maximum Gasteiger partial charge on any atom is 0.123 e. The Morgan fingerprint density at radius 1 is 0.774 bits per heavy atom. The fourth-order valence-electron chi connectivity index (χ4n) is 3.97. The highest BCUT2D eigenvalue weighted by Gasteiger charge is 2.14. The molecule has 2 aromatic carbocycles. The maximum atomic E-state index is 13.4. The van der Waals surface area contributed by atoms with Crippen LogP contribution in [0, 0.1) is 5.82 Å². The lowest BCUT2D eigenvalue weighted by Gasteiger charge is -2.03. The Bertz CT molecular complexity index is 1530. The SMILES string of the molecule is Fc1ccc(-c2cccc3[nH]c(-c4n[nH]c5cnc(-c6ccncc6)cc45)cc23)cc1. The Kier molecular flexibility index (Phi) is 3.89. The van der Waals surface area contributed by atoms with E-state index in [9.17, 15) is 4.39 Å². The van der Waals surface area contributed by atoms with Gasteiger partial charge in [0.1, 0.15) is 11.5 Å². The average molecular weight is 405 g/mol. The number of hydrogen-bond donors (Lipinski definition) is 2. The van der Waals surface area contributed by atoms with Crippen molar-refractivity contribution in [3.05, 3.63) is 91.1 Å². The third-order valence-electron chi connectivity index (χ3n) is 5.50. The molecule has 0 aliphatic rings. The van der Waals surface area contributed by atoms with Crippen LogP contribution >= 0.6 is 0 Å². The summed E-state index contributed by atoms with van der Waals surface area (Å²) in [5, 5.41) is 9.67. The van der Waals surface area contributed by atoms with Crippen molar-refractivity contribution in [2.45, 2.75) is 0 Å². The quantitative estimate of drug-likeness (QED) is 0.381. The first-order valence-electron chi connectivity index (χ1n) is 9.89. The molecule has 2 N–H and O–H groups in total. The zero-order chi connectivity index (χ0) is 20.8. The van der Waals surface area contributed by atoms with E-state index in [1.165, 1.54) is 12.1 Å². The Balaban J connectivity index is 1.51. The second-order valence-corrected chi connectivity index (χ2v) is 7.38. The molecule has 0 atom stereocenters. The molecule has 0 spiro atoms. The maximum absolute atomic E-state index is 13.4. The van der Waals surface area contributed by atoms with Gasteiger partial charge in [-0.05, 0) is 53.6 Å². The predicted molar refractivity (Wildman–Crippen MR) is 120 cm³/mol. The highest BCUT2D eigenvalue weighted by atomic mass is 19.1. The van der Waals surface area contributed by atoms with E-state index in [0.717, 1.165) is 55.6 Å². The van der Waals surface area contributed by atoms with Crippen LogP contribution < -0.4 is 0 Å². The Morgan fingerprint density at radius 3 is 2.45 bits per heavy atom. The van der Waals surface area contributed by atoms with Gasteiger partial charge in [-0.15, -0.1) is 0 Å². The highest BCUT2D eigenvalue weighted by molar-refractivity contribution is 6.01. The summed E-state index contributed by atoms with van der Waals surface area (Å²) >= 11 is 0. The number of hydrogen-bond acceptors (Lipinski definition) is 3. The van der Waals surface area contributed by atoms with Gasteiger partial charge in [0.15, 0.2) is 0 Å². The molecule has 0 aliphatic heterocycles. The number of benzene rings is 2. The number of aromatic amines is 2. The first kappa shape index (κ1) is 17.5. The molecule has 4 aromatic heterocycles. The van der Waals surface area contributed by atoms with Crippen LogP contribution in [-0.4, -0.2) is 25.1 Å². The van der Waals surface area contributed by atoms with E-state index in [1.54, 1.807) is 30.7 Å². The smallest absolute Gasteiger partial charge is 0.123 e. The van der Waals surface area contributed by atoms with Gasteiger partial charge in [-0.3, -0.25) is 15.1 Å². The van der Waals surface area contributed by atoms with E-state index in [4.69, 9.17) is 0 Å². The number of rotatable bonds is 3. The van der Waals surface area contributed by atoms with E-state index in [-0.39, 0.29) is 5.82 Å². The number of aromatic nitrogens is 5. The lowest BCUT2D eigenvalue weighted by molar-refractivity contribution is 0.628. The summed E-state index contributed by atoms with van der Waals surface area (Å²) in [5.41, 5.74) is 7.46. The zero-order valence-electron chi connectivity index (χ0n) is 16.3. The van der Waals surface area contributed by atoms with E-state index in [0.29, 0.717) is 0 Å². The number of H-pyrrole nitrogens is 2. The van der Waals surface area contributed by atoms with Crippen molar-refractivity contribution >= 4 is 21.8 Å². The van der Waals surface area contributed by atoms with Gasteiger partial charge >= 0.3 is 0 Å². The highest BCUT2D eigenvalue weighted by Crippen LogP contribution is 2.34. The Morgan fingerprint density at radius 2 is 1.61 bits per heavy atom. The first-order valence-corrected chi connectivity index (χ1v) is 9.89. The summed E-state index contributed by atoms with van der Waals surface area (Å²) in [5.74, 6) is -0.243. The monoisotopic (exact) mass is 405 g/mol. The van der Waals surface area contributed by atoms with Crippen LogP contribution in [0.3, 0.4) is 0 Å². The van der Waals surface area contributed by atoms with Gasteiger partial charge in [0.25, 0.3) is 0 Å². The minimum atomic E-state index is -0.243. The van der Waals surface area contributed by atoms with Crippen LogP contribution in [0.1, 0.15) is 0 Å². The molecule has 0 fully saturated rings. The summed E-state index contributed by atoms with van der Waals surface area (Å²) < 4.78 is 13.4. The van der Waals surface area contributed by atoms with Crippen LogP contribution in [0.5, 0.6) is 0 Å². The normalized spacial score (nSPS) is 11.4. The molecule has 0 radical (unpaired) electrons. The molecule has 6 rings (SSSR count). The second-order valence-electron chi connectivity index (χ2n) is 7.38. The van der Waals surface area contributed by atoms with E-state index >= 15 is 0 Å². The molecular weight excluding hydrogens is 389 g/mol. The first-order chi connectivity index (χ1) is 15.3. The van der Waals surface area contributed by atoms with Gasteiger partial charge in [0, 0.05) is 34.2 Å². The minimum absolute atomic E-state index is 0.243. The second kappa shape index (κ2) is 6.88. The summed E-state index contributed by atoms with van der Waals surface area (Å²) in [7, 11) is 0. The molecule has 0 saturated carbocycles. The standard InChI is InChI=1S/C25H16FN5/c26-17-6-4-15(5-7-17)18-2-1-3-21-19(18)12-23(29-21)25-20-13-22(16-8-10-27-11-9-16)28-14-24(20)30-31-25/h1-14,29H,(H,30,31). The van der Waals surface area contributed by atoms with E-state index in [2.05, 4.69) is 31.2 Å². The van der Waals surface area contributed by atoms with Crippen LogP contribution in [0.25, 0.3) is 55.6 Å². The largest absolute Gasteiger partial charge is 0.353 e. The molecule has 31 heavy (non-hydrogen) atoms. The molecule has 0 unspecified atom stereocenters. The van der Waals surface area contributed by atoms with E-state index < -0.39 is 0 Å². The molecule has 4 heterocycles. The third-order valence-corrected chi connectivity index (χ3v) is 5.50. The Labute approximate surface area is 176 Å². The number of nitrogens with one attached hydrogen (secondary N) is 2. The van der Waals surface area contributed by atoms with Crippen LogP contribution in [-0.2, 0) is 0 Å². The molecule has 0 saturated heterocycles. The molecular formula is C25H16FN5. The summed E-state index contributed by atoms with van der Waals surface area (Å²) in [4.78, 5) is 12.1. The van der Waals surface area contributed by atoms with Crippen molar-refractivity contribution in [3.8, 4) is 33.8 Å². The average Bonchev–Trinajstić information content (AvgIpc) is 3.43. The topological polar surface area (TPSA) is 70.2 Å². The molecule has 0 bridgehead atoms. The zero-order valence-corrected chi connectivity index (χ0v) is 16.3. The van der Waals surface area contributed by atoms with Crippen molar-refractivity contribution in [2.75, 3.05) is 0 Å². The van der Waals surface area contributed by atoms with Gasteiger partial charge in [-0.1, -0.05) is 24.3 Å². The molecule has 148 valence electrons. The summed E-state index contributed by atoms with van der Waals surface area (Å²) in [6.45, 7) is 0. The molecule has 6 heteroatoms. The fraction of sp³-hybridized carbons (Fsp3) is 0. The summed E-state index contributed by atoms with van der Waals surface area (Å²) in [6.07, 6.45) is 5.31. The van der Waals surface area contributed by atoms with Crippen molar-refractivity contribution in [3.63, 3.8) is 0 Å². The lowest BCUT2D eigenvalue weighted by atomic mass is 10.0. The summed E-state index contributed by atoms with van der Waals surface area (Å²) in [6, 6.07) is 20.6. The minimum Gasteiger partial charge on any atom is -0.353 e.